The van der Waals surface area contributed by atoms with Crippen LogP contribution in [-0.4, -0.2) is 53.9 Å². The summed E-state index contributed by atoms with van der Waals surface area (Å²) in [6, 6.07) is 5.43. The van der Waals surface area contributed by atoms with E-state index in [-0.39, 0.29) is 27.3 Å². The van der Waals surface area contributed by atoms with Crippen molar-refractivity contribution in [1.29, 1.82) is 0 Å². The molecule has 3 aromatic rings. The van der Waals surface area contributed by atoms with E-state index in [9.17, 15) is 47.9 Å². The standard InChI is InChI=1S/C26H23N5O11S4/c1-3-43(33,34)18-9-5-16(6-10-18)28-30-24-20(45(37,38)39)13-15-14-21(46(40,41)42)25(26(32)22(15)23(24)27)31-29-17-7-11-19(12-8-17)44(35,36)4-2/h3-7,9-14,17,32H,1-2,8,27H2,(H,37,38,39)(H,40,41,42). The lowest BCUT2D eigenvalue weighted by atomic mass is 10.0. The Balaban J connectivity index is 1.88. The lowest BCUT2D eigenvalue weighted by Crippen LogP contribution is -2.07. The summed E-state index contributed by atoms with van der Waals surface area (Å²) in [5.74, 6) is -0.978. The first-order valence-corrected chi connectivity index (χ1v) is 18.4. The molecule has 0 aromatic heterocycles. The van der Waals surface area contributed by atoms with E-state index in [4.69, 9.17) is 5.73 Å². The third-order valence-corrected chi connectivity index (χ3v) is 10.9. The van der Waals surface area contributed by atoms with Gasteiger partial charge in [0.1, 0.15) is 21.2 Å². The average Bonchev–Trinajstić information content (AvgIpc) is 2.99. The number of sulfone groups is 2. The molecule has 0 radical (unpaired) electrons. The highest BCUT2D eigenvalue weighted by atomic mass is 32.2. The Labute approximate surface area is 263 Å². The quantitative estimate of drug-likeness (QED) is 0.125. The average molecular weight is 710 g/mol. The summed E-state index contributed by atoms with van der Waals surface area (Å²) in [7, 11) is -17.8. The topological polar surface area (TPSA) is 273 Å². The Kier molecular flexibility index (Phi) is 9.17. The van der Waals surface area contributed by atoms with Gasteiger partial charge in [0.15, 0.2) is 25.4 Å². The van der Waals surface area contributed by atoms with Crippen molar-refractivity contribution in [2.45, 2.75) is 27.1 Å². The molecular weight excluding hydrogens is 687 g/mol. The molecule has 16 nitrogen and oxygen atoms in total. The van der Waals surface area contributed by atoms with Crippen molar-refractivity contribution < 1.29 is 47.9 Å². The molecule has 0 aliphatic heterocycles. The minimum atomic E-state index is -5.14. The van der Waals surface area contributed by atoms with Gasteiger partial charge in [-0.3, -0.25) is 9.11 Å². The van der Waals surface area contributed by atoms with Crippen LogP contribution in [0.25, 0.3) is 10.8 Å². The largest absolute Gasteiger partial charge is 0.505 e. The second-order valence-electron chi connectivity index (χ2n) is 9.36. The molecule has 0 saturated heterocycles. The summed E-state index contributed by atoms with van der Waals surface area (Å²) >= 11 is 0. The van der Waals surface area contributed by atoms with Gasteiger partial charge in [-0.05, 0) is 54.3 Å². The highest BCUT2D eigenvalue weighted by molar-refractivity contribution is 7.98. The molecule has 242 valence electrons. The van der Waals surface area contributed by atoms with Crippen LogP contribution < -0.4 is 5.73 Å². The van der Waals surface area contributed by atoms with Crippen LogP contribution in [0.4, 0.5) is 22.7 Å². The third-order valence-electron chi connectivity index (χ3n) is 6.42. The Morgan fingerprint density at radius 1 is 0.804 bits per heavy atom. The molecule has 46 heavy (non-hydrogen) atoms. The molecular formula is C26H23N5O11S4. The van der Waals surface area contributed by atoms with E-state index < -0.39 is 83.9 Å². The van der Waals surface area contributed by atoms with Crippen molar-refractivity contribution >= 4 is 73.4 Å². The molecule has 0 heterocycles. The number of aromatic hydroxyl groups is 1. The van der Waals surface area contributed by atoms with E-state index in [2.05, 4.69) is 33.6 Å². The minimum Gasteiger partial charge on any atom is -0.505 e. The summed E-state index contributed by atoms with van der Waals surface area (Å²) in [6.45, 7) is 6.46. The van der Waals surface area contributed by atoms with Crippen LogP contribution in [-0.2, 0) is 39.9 Å². The Morgan fingerprint density at radius 2 is 1.37 bits per heavy atom. The van der Waals surface area contributed by atoms with Gasteiger partial charge in [0.25, 0.3) is 20.2 Å². The molecule has 1 unspecified atom stereocenters. The summed E-state index contributed by atoms with van der Waals surface area (Å²) in [6.07, 6.45) is 3.90. The number of rotatable bonds is 10. The second-order valence-corrected chi connectivity index (χ2v) is 15.9. The number of benzene rings is 3. The predicted octanol–water partition coefficient (Wildman–Crippen LogP) is 4.81. The number of hydrogen-bond donors (Lipinski definition) is 4. The Bertz CT molecular complexity index is 2360. The number of allylic oxidation sites excluding steroid dienone is 1. The zero-order valence-corrected chi connectivity index (χ0v) is 26.4. The molecule has 0 bridgehead atoms. The molecule has 1 aliphatic carbocycles. The number of azo groups is 2. The maximum atomic E-state index is 12.3. The van der Waals surface area contributed by atoms with Gasteiger partial charge in [-0.15, -0.1) is 10.2 Å². The van der Waals surface area contributed by atoms with Gasteiger partial charge >= 0.3 is 0 Å². The van der Waals surface area contributed by atoms with Crippen molar-refractivity contribution in [2.24, 2.45) is 20.5 Å². The lowest BCUT2D eigenvalue weighted by molar-refractivity contribution is 0.471. The minimum absolute atomic E-state index is 0.00282. The number of hydrogen-bond acceptors (Lipinski definition) is 14. The van der Waals surface area contributed by atoms with Gasteiger partial charge in [-0.25, -0.2) is 16.8 Å². The number of phenolic OH excluding ortho intramolecular Hbond substituents is 1. The first-order chi connectivity index (χ1) is 21.3. The lowest BCUT2D eigenvalue weighted by Gasteiger charge is -2.15. The predicted molar refractivity (Wildman–Crippen MR) is 167 cm³/mol. The summed E-state index contributed by atoms with van der Waals surface area (Å²) in [5.41, 5.74) is 4.08. The van der Waals surface area contributed by atoms with Crippen LogP contribution in [0.2, 0.25) is 0 Å². The number of anilines is 1. The third kappa shape index (κ3) is 6.95. The summed E-state index contributed by atoms with van der Waals surface area (Å²) in [5, 5.41) is 27.2. The van der Waals surface area contributed by atoms with E-state index in [0.717, 1.165) is 22.9 Å². The van der Waals surface area contributed by atoms with E-state index >= 15 is 0 Å². The molecule has 3 aromatic carbocycles. The maximum Gasteiger partial charge on any atom is 0.296 e. The normalized spacial score (nSPS) is 16.2. The zero-order chi connectivity index (χ0) is 34.2. The summed E-state index contributed by atoms with van der Waals surface area (Å²) < 4.78 is 117. The van der Waals surface area contributed by atoms with Crippen molar-refractivity contribution in [3.63, 3.8) is 0 Å². The van der Waals surface area contributed by atoms with E-state index in [1.807, 2.05) is 0 Å². The number of nitrogens with two attached hydrogens (primary N) is 1. The fourth-order valence-electron chi connectivity index (χ4n) is 4.12. The van der Waals surface area contributed by atoms with Crippen LogP contribution in [0.3, 0.4) is 0 Å². The number of fused-ring (bicyclic) bond motifs is 1. The Morgan fingerprint density at radius 3 is 1.87 bits per heavy atom. The van der Waals surface area contributed by atoms with Crippen LogP contribution >= 0.6 is 0 Å². The molecule has 5 N–H and O–H groups in total. The number of phenols is 1. The van der Waals surface area contributed by atoms with Crippen molar-refractivity contribution in [3.05, 3.63) is 83.5 Å². The SMILES string of the molecule is C=CS(=O)(=O)C1=CCC(N=Nc2c(S(=O)(=O)O)cc3cc(S(=O)(=O)O)c(N=Nc4ccc(S(=O)(=O)C=C)cc4)c(N)c3c2O)C=C1. The van der Waals surface area contributed by atoms with E-state index in [1.54, 1.807) is 0 Å². The zero-order valence-electron chi connectivity index (χ0n) is 23.2. The molecule has 0 saturated carbocycles. The van der Waals surface area contributed by atoms with Crippen molar-refractivity contribution in [1.82, 2.24) is 0 Å². The van der Waals surface area contributed by atoms with Gasteiger partial charge in [0.2, 0.25) is 0 Å². The second kappa shape index (κ2) is 12.3. The van der Waals surface area contributed by atoms with Gasteiger partial charge in [0, 0.05) is 10.8 Å². The van der Waals surface area contributed by atoms with Crippen LogP contribution in [0.15, 0.2) is 119 Å². The fraction of sp³-hybridized carbons (Fsp3) is 0.0769. The fourth-order valence-corrected chi connectivity index (χ4v) is 6.95. The molecule has 20 heteroatoms. The van der Waals surface area contributed by atoms with Crippen molar-refractivity contribution in [2.75, 3.05) is 5.73 Å². The van der Waals surface area contributed by atoms with Gasteiger partial charge in [0.05, 0.1) is 32.6 Å². The molecule has 0 spiro atoms. The van der Waals surface area contributed by atoms with Crippen molar-refractivity contribution in [3.8, 4) is 5.75 Å². The van der Waals surface area contributed by atoms with Crippen LogP contribution in [0, 0.1) is 0 Å². The van der Waals surface area contributed by atoms with E-state index in [0.29, 0.717) is 0 Å². The maximum absolute atomic E-state index is 12.3. The highest BCUT2D eigenvalue weighted by Crippen LogP contribution is 2.48. The van der Waals surface area contributed by atoms with Gasteiger partial charge in [-0.1, -0.05) is 25.3 Å². The number of nitrogens with zero attached hydrogens (tertiary/aromatic N) is 4. The highest BCUT2D eigenvalue weighted by Gasteiger charge is 2.28. The molecule has 1 atom stereocenters. The molecule has 4 rings (SSSR count). The van der Waals surface area contributed by atoms with E-state index in [1.165, 1.54) is 42.5 Å². The first-order valence-electron chi connectivity index (χ1n) is 12.4. The Hall–Kier alpha value is -4.60. The molecule has 0 fully saturated rings. The molecule has 1 aliphatic rings. The summed E-state index contributed by atoms with van der Waals surface area (Å²) in [4.78, 5) is -2.13. The van der Waals surface area contributed by atoms with Gasteiger partial charge in [-0.2, -0.15) is 27.1 Å². The van der Waals surface area contributed by atoms with Crippen LogP contribution in [0.5, 0.6) is 5.75 Å². The smallest absolute Gasteiger partial charge is 0.296 e. The van der Waals surface area contributed by atoms with Gasteiger partial charge < -0.3 is 10.8 Å². The monoisotopic (exact) mass is 709 g/mol. The first kappa shape index (κ1) is 34.3. The van der Waals surface area contributed by atoms with Crippen LogP contribution in [0.1, 0.15) is 6.42 Å². The molecule has 0 amide bonds. The number of nitrogen functional groups attached to an aromatic ring is 1.